The van der Waals surface area contributed by atoms with Crippen LogP contribution in [0, 0.1) is 0 Å². The summed E-state index contributed by atoms with van der Waals surface area (Å²) in [6.45, 7) is 4.50. The van der Waals surface area contributed by atoms with E-state index in [4.69, 9.17) is 9.47 Å². The molecule has 0 fully saturated rings. The lowest BCUT2D eigenvalue weighted by Gasteiger charge is -2.20. The van der Waals surface area contributed by atoms with Crippen LogP contribution >= 0.6 is 11.3 Å². The minimum Gasteiger partial charge on any atom is -0.494 e. The van der Waals surface area contributed by atoms with Gasteiger partial charge in [0.25, 0.3) is 5.91 Å². The predicted molar refractivity (Wildman–Crippen MR) is 127 cm³/mol. The molecule has 3 rings (SSSR count). The number of aromatic nitrogens is 1. The van der Waals surface area contributed by atoms with E-state index < -0.39 is 12.1 Å². The van der Waals surface area contributed by atoms with Crippen LogP contribution in [0.5, 0.6) is 5.75 Å². The lowest BCUT2D eigenvalue weighted by atomic mass is 10.1. The Balaban J connectivity index is 1.45. The van der Waals surface area contributed by atoms with Crippen molar-refractivity contribution in [3.8, 4) is 5.75 Å². The fraction of sp³-hybridized carbons (Fsp3) is 0.360. The number of amides is 1. The maximum Gasteiger partial charge on any atom is 0.307 e. The van der Waals surface area contributed by atoms with Gasteiger partial charge in [-0.2, -0.15) is 0 Å². The summed E-state index contributed by atoms with van der Waals surface area (Å²) in [6, 6.07) is 14.6. The molecule has 1 amide bonds. The highest BCUT2D eigenvalue weighted by molar-refractivity contribution is 7.18. The summed E-state index contributed by atoms with van der Waals surface area (Å²) >= 11 is 1.52. The molecule has 8 heteroatoms. The molecule has 1 atom stereocenters. The zero-order chi connectivity index (χ0) is 23.8. The molecule has 0 N–H and O–H groups in total. The molecule has 2 aromatic carbocycles. The Morgan fingerprint density at radius 3 is 2.48 bits per heavy atom. The highest BCUT2D eigenvalue weighted by Gasteiger charge is 2.23. The second kappa shape index (κ2) is 11.6. The zero-order valence-electron chi connectivity index (χ0n) is 19.1. The van der Waals surface area contributed by atoms with E-state index in [0.717, 1.165) is 21.6 Å². The van der Waals surface area contributed by atoms with Crippen molar-refractivity contribution in [2.45, 2.75) is 45.8 Å². The van der Waals surface area contributed by atoms with Crippen LogP contribution in [0.2, 0.25) is 0 Å². The number of rotatable bonds is 11. The van der Waals surface area contributed by atoms with E-state index in [0.29, 0.717) is 24.5 Å². The van der Waals surface area contributed by atoms with Crippen molar-refractivity contribution in [2.24, 2.45) is 0 Å². The van der Waals surface area contributed by atoms with E-state index >= 15 is 0 Å². The maximum absolute atomic E-state index is 12.6. The molecule has 0 aliphatic rings. The topological polar surface area (TPSA) is 85.8 Å². The van der Waals surface area contributed by atoms with Crippen LogP contribution in [0.4, 0.5) is 0 Å². The third-order valence-corrected chi connectivity index (χ3v) is 5.97. The average Bonchev–Trinajstić information content (AvgIpc) is 3.23. The predicted octanol–water partition coefficient (Wildman–Crippen LogP) is 4.64. The average molecular weight is 469 g/mol. The highest BCUT2D eigenvalue weighted by Crippen LogP contribution is 2.22. The van der Waals surface area contributed by atoms with E-state index in [9.17, 15) is 14.4 Å². The summed E-state index contributed by atoms with van der Waals surface area (Å²) in [5.41, 5.74) is 1.40. The number of carbonyl (C=O) groups excluding carboxylic acids is 3. The van der Waals surface area contributed by atoms with Crippen LogP contribution in [-0.4, -0.2) is 47.3 Å². The molecule has 174 valence electrons. The Bertz CT molecular complexity index is 1080. The number of carbonyl (C=O) groups is 3. The van der Waals surface area contributed by atoms with Gasteiger partial charge < -0.3 is 14.4 Å². The number of likely N-dealkylation sites (N-methyl/N-ethyl adjacent to an activating group) is 1. The number of thiazole rings is 1. The number of nitrogens with zero attached hydrogens (tertiary/aromatic N) is 2. The van der Waals surface area contributed by atoms with Gasteiger partial charge in [-0.05, 0) is 49.7 Å². The fourth-order valence-electron chi connectivity index (χ4n) is 3.20. The quantitative estimate of drug-likeness (QED) is 0.301. The number of ketones is 1. The lowest BCUT2D eigenvalue weighted by molar-refractivity contribution is -0.158. The zero-order valence-corrected chi connectivity index (χ0v) is 19.9. The molecule has 0 saturated carbocycles. The summed E-state index contributed by atoms with van der Waals surface area (Å²) in [4.78, 5) is 43.2. The van der Waals surface area contributed by atoms with Gasteiger partial charge >= 0.3 is 5.97 Å². The van der Waals surface area contributed by atoms with Crippen molar-refractivity contribution in [3.63, 3.8) is 0 Å². The summed E-state index contributed by atoms with van der Waals surface area (Å²) < 4.78 is 11.8. The molecular formula is C25H28N2O5S. The number of esters is 1. The Labute approximate surface area is 197 Å². The lowest BCUT2D eigenvalue weighted by Crippen LogP contribution is -2.37. The van der Waals surface area contributed by atoms with Crippen LogP contribution < -0.4 is 4.74 Å². The maximum atomic E-state index is 12.6. The Morgan fingerprint density at radius 1 is 1.06 bits per heavy atom. The molecule has 0 spiro atoms. The third kappa shape index (κ3) is 6.86. The van der Waals surface area contributed by atoms with Gasteiger partial charge in [0.1, 0.15) is 10.8 Å². The van der Waals surface area contributed by atoms with E-state index in [-0.39, 0.29) is 24.5 Å². The Hall–Kier alpha value is -3.26. The van der Waals surface area contributed by atoms with E-state index in [1.807, 2.05) is 31.2 Å². The van der Waals surface area contributed by atoms with Gasteiger partial charge in [-0.3, -0.25) is 14.4 Å². The molecule has 7 nitrogen and oxygen atoms in total. The molecular weight excluding hydrogens is 440 g/mol. The first kappa shape index (κ1) is 24.4. The van der Waals surface area contributed by atoms with Crippen molar-refractivity contribution >= 4 is 39.2 Å². The van der Waals surface area contributed by atoms with Crippen LogP contribution in [0.15, 0.2) is 48.5 Å². The minimum atomic E-state index is -0.943. The van der Waals surface area contributed by atoms with Crippen molar-refractivity contribution in [1.82, 2.24) is 9.88 Å². The number of hydrogen-bond acceptors (Lipinski definition) is 7. The van der Waals surface area contributed by atoms with Gasteiger partial charge in [0.15, 0.2) is 11.9 Å². The molecule has 0 aliphatic heterocycles. The molecule has 0 saturated heterocycles. The van der Waals surface area contributed by atoms with Crippen LogP contribution in [0.3, 0.4) is 0 Å². The molecule has 33 heavy (non-hydrogen) atoms. The summed E-state index contributed by atoms with van der Waals surface area (Å²) in [5.74, 6) is -0.367. The largest absolute Gasteiger partial charge is 0.494 e. The summed E-state index contributed by atoms with van der Waals surface area (Å²) in [7, 11) is 1.65. The van der Waals surface area contributed by atoms with Crippen LogP contribution in [-0.2, 0) is 20.9 Å². The van der Waals surface area contributed by atoms with Gasteiger partial charge in [0.2, 0.25) is 0 Å². The molecule has 0 aliphatic carbocycles. The number of Topliss-reactive ketones (excluding diaryl/α,β-unsaturated/α-hetero) is 1. The second-order valence-corrected chi connectivity index (χ2v) is 8.81. The summed E-state index contributed by atoms with van der Waals surface area (Å²) in [5, 5.41) is 0.808. The Kier molecular flexibility index (Phi) is 8.54. The van der Waals surface area contributed by atoms with Crippen molar-refractivity contribution in [3.05, 3.63) is 59.1 Å². The van der Waals surface area contributed by atoms with Crippen molar-refractivity contribution in [1.29, 1.82) is 0 Å². The first-order valence-corrected chi connectivity index (χ1v) is 11.7. The van der Waals surface area contributed by atoms with E-state index in [2.05, 4.69) is 4.98 Å². The monoisotopic (exact) mass is 468 g/mol. The number of benzene rings is 2. The second-order valence-electron chi connectivity index (χ2n) is 7.70. The molecule has 1 unspecified atom stereocenters. The Morgan fingerprint density at radius 2 is 1.79 bits per heavy atom. The standard InChI is InChI=1S/C25H28N2O5S/c1-4-15-31-19-11-9-18(10-12-19)21(28)13-14-24(29)32-17(2)25(30)27(3)16-23-26-20-7-5-6-8-22(20)33-23/h5-12,17H,4,13-16H2,1-3H3. The van der Waals surface area contributed by atoms with Crippen molar-refractivity contribution in [2.75, 3.05) is 13.7 Å². The number of para-hydroxylation sites is 1. The van der Waals surface area contributed by atoms with Gasteiger partial charge in [-0.15, -0.1) is 11.3 Å². The fourth-order valence-corrected chi connectivity index (χ4v) is 4.22. The number of ether oxygens (including phenoxy) is 2. The van der Waals surface area contributed by atoms with Crippen molar-refractivity contribution < 1.29 is 23.9 Å². The first-order chi connectivity index (χ1) is 15.9. The molecule has 3 aromatic rings. The van der Waals surface area contributed by atoms with Gasteiger partial charge in [0, 0.05) is 19.0 Å². The van der Waals surface area contributed by atoms with Crippen LogP contribution in [0.1, 0.15) is 48.5 Å². The molecule has 0 radical (unpaired) electrons. The van der Waals surface area contributed by atoms with Gasteiger partial charge in [0.05, 0.1) is 29.8 Å². The van der Waals surface area contributed by atoms with Gasteiger partial charge in [-0.25, -0.2) is 4.98 Å². The van der Waals surface area contributed by atoms with Crippen LogP contribution in [0.25, 0.3) is 10.2 Å². The SMILES string of the molecule is CCCOc1ccc(C(=O)CCC(=O)OC(C)C(=O)N(C)Cc2nc3ccccc3s2)cc1. The molecule has 1 heterocycles. The van der Waals surface area contributed by atoms with Gasteiger partial charge in [-0.1, -0.05) is 19.1 Å². The van der Waals surface area contributed by atoms with E-state index in [1.54, 1.807) is 31.3 Å². The molecule has 1 aromatic heterocycles. The van der Waals surface area contributed by atoms with E-state index in [1.165, 1.54) is 23.2 Å². The number of hydrogen-bond donors (Lipinski definition) is 0. The normalized spacial score (nSPS) is 11.7. The minimum absolute atomic E-state index is 0.0104. The molecule has 0 bridgehead atoms. The first-order valence-electron chi connectivity index (χ1n) is 10.9. The number of fused-ring (bicyclic) bond motifs is 1. The smallest absolute Gasteiger partial charge is 0.307 e. The summed E-state index contributed by atoms with van der Waals surface area (Å²) in [6.07, 6.45) is -0.119. The third-order valence-electron chi connectivity index (χ3n) is 4.95. The highest BCUT2D eigenvalue weighted by atomic mass is 32.1.